The normalized spacial score (nSPS) is 37.8. The average molecular weight is 1070 g/mol. The standard InChI is InChI=1S/C57H92N6O13/c1-17-38-25-42(64)34(6)48(75-45-27-56(11,71-16)51(68)37(9)73-45)35(7)52(55(10,69)26-32(4)29-62(15)36(8)50(67)57(38,12)70)76-54-49(41(61(13)14)24-33(5)72-54)74-44(66)23-22-43(65)60-53-47-46(58-30-63(47)28-31(2)3)39-20-18-19-21-40(39)59-53/h18-21,30-38,41,45,48-52,54,67-70H,17,22-29H2,1-16H3,(H,59,60,65)/t32-,33-,34+,35+,36-,37+,38+,41?,45+,48-,49-,50-,51+,52-,54+,55-,56-,57-/m1/s1. The van der Waals surface area contributed by atoms with Gasteiger partial charge in [-0.05, 0) is 99.3 Å². The number of aromatic nitrogens is 3. The van der Waals surface area contributed by atoms with Crippen molar-refractivity contribution in [2.75, 3.05) is 40.1 Å². The van der Waals surface area contributed by atoms with E-state index in [-0.39, 0.29) is 43.8 Å². The lowest BCUT2D eigenvalue weighted by molar-refractivity contribution is -0.318. The van der Waals surface area contributed by atoms with E-state index in [4.69, 9.17) is 38.4 Å². The van der Waals surface area contributed by atoms with Crippen LogP contribution in [0.1, 0.15) is 128 Å². The van der Waals surface area contributed by atoms with Crippen LogP contribution in [-0.2, 0) is 49.3 Å². The second kappa shape index (κ2) is 25.2. The minimum absolute atomic E-state index is 0.0880. The van der Waals surface area contributed by atoms with Crippen LogP contribution in [0.2, 0.25) is 0 Å². The Hall–Kier alpha value is -3.73. The van der Waals surface area contributed by atoms with E-state index in [0.29, 0.717) is 54.2 Å². The predicted octanol–water partition coefficient (Wildman–Crippen LogP) is 6.09. The molecule has 19 nitrogen and oxygen atoms in total. The number of nitrogens with zero attached hydrogens (tertiary/aromatic N) is 5. The van der Waals surface area contributed by atoms with Crippen LogP contribution >= 0.6 is 0 Å². The highest BCUT2D eigenvalue weighted by atomic mass is 16.7. The number of amides is 1. The van der Waals surface area contributed by atoms with Gasteiger partial charge in [-0.2, -0.15) is 0 Å². The van der Waals surface area contributed by atoms with Gasteiger partial charge >= 0.3 is 5.97 Å². The Kier molecular flexibility index (Phi) is 20.4. The number of para-hydroxylation sites is 1. The van der Waals surface area contributed by atoms with Crippen molar-refractivity contribution in [3.8, 4) is 0 Å². The fraction of sp³-hybridized carbons (Fsp3) is 0.772. The predicted molar refractivity (Wildman–Crippen MR) is 289 cm³/mol. The number of rotatable bonds is 14. The van der Waals surface area contributed by atoms with Gasteiger partial charge in [0.15, 0.2) is 24.5 Å². The molecule has 3 fully saturated rings. The molecule has 3 aliphatic heterocycles. The lowest BCUT2D eigenvalue weighted by Crippen LogP contribution is -2.61. The largest absolute Gasteiger partial charge is 0.455 e. The van der Waals surface area contributed by atoms with Crippen LogP contribution < -0.4 is 5.32 Å². The number of carbonyl (C=O) groups is 3. The highest BCUT2D eigenvalue weighted by Gasteiger charge is 2.53. The van der Waals surface area contributed by atoms with Crippen molar-refractivity contribution in [1.82, 2.24) is 24.3 Å². The number of Topliss-reactive ketones (excluding diaryl/α,β-unsaturated/α-hetero) is 1. The number of fused-ring (bicyclic) bond motifs is 3. The first-order valence-corrected chi connectivity index (χ1v) is 27.6. The number of nitrogens with one attached hydrogen (secondary N) is 1. The number of aliphatic hydroxyl groups excluding tert-OH is 2. The van der Waals surface area contributed by atoms with E-state index in [1.807, 2.05) is 94.4 Å². The van der Waals surface area contributed by atoms with Gasteiger partial charge in [-0.15, -0.1) is 0 Å². The molecule has 3 aliphatic rings. The molecule has 0 spiro atoms. The summed E-state index contributed by atoms with van der Waals surface area (Å²) in [5.74, 6) is -3.25. The molecule has 2 aromatic heterocycles. The number of methoxy groups -OCH3 is 1. The summed E-state index contributed by atoms with van der Waals surface area (Å²) in [4.78, 5) is 56.2. The summed E-state index contributed by atoms with van der Waals surface area (Å²) in [5, 5.41) is 51.9. The summed E-state index contributed by atoms with van der Waals surface area (Å²) in [6.07, 6.45) is -6.43. The summed E-state index contributed by atoms with van der Waals surface area (Å²) in [7, 11) is 7.13. The average Bonchev–Trinajstić information content (AvgIpc) is 3.77. The SMILES string of the molecule is CC[C@H]1CC(=O)[C@H](C)[C@@H](O[C@H]2C[C@@](C)(OC)[C@@H](O)[C@H](C)O2)[C@H](C)[C@@H](O[C@@H]2O[C@H](C)CC(N(C)C)[C@H]2OC(=O)CCC(=O)Nc2nc3ccccc3c3ncn(CC(C)C)c23)[C@](C)(O)C[C@@H](C)CN(C)[C@H](C)[C@@H](O)[C@]1(C)O. The Morgan fingerprint density at radius 2 is 1.64 bits per heavy atom. The van der Waals surface area contributed by atoms with Gasteiger partial charge in [0.2, 0.25) is 5.91 Å². The number of ketones is 1. The van der Waals surface area contributed by atoms with E-state index < -0.39 is 114 Å². The minimum atomic E-state index is -1.67. The third-order valence-corrected chi connectivity index (χ3v) is 16.9. The van der Waals surface area contributed by atoms with E-state index in [2.05, 4.69) is 19.2 Å². The first-order valence-electron chi connectivity index (χ1n) is 27.6. The van der Waals surface area contributed by atoms with E-state index in [9.17, 15) is 34.8 Å². The van der Waals surface area contributed by atoms with Crippen LogP contribution in [0.5, 0.6) is 0 Å². The zero-order valence-electron chi connectivity index (χ0n) is 48.2. The third kappa shape index (κ3) is 13.8. The summed E-state index contributed by atoms with van der Waals surface area (Å²) in [6.45, 7) is 23.3. The molecule has 5 heterocycles. The van der Waals surface area contributed by atoms with Crippen LogP contribution in [0.15, 0.2) is 30.6 Å². The van der Waals surface area contributed by atoms with Crippen LogP contribution in [0.3, 0.4) is 0 Å². The molecule has 0 saturated carbocycles. The van der Waals surface area contributed by atoms with Crippen molar-refractivity contribution in [3.05, 3.63) is 30.6 Å². The van der Waals surface area contributed by atoms with Gasteiger partial charge in [-0.3, -0.25) is 14.4 Å². The second-order valence-electron chi connectivity index (χ2n) is 24.1. The fourth-order valence-electron chi connectivity index (χ4n) is 12.3. The van der Waals surface area contributed by atoms with Crippen molar-refractivity contribution >= 4 is 45.4 Å². The van der Waals surface area contributed by atoms with E-state index in [0.717, 1.165) is 5.39 Å². The number of esters is 1. The van der Waals surface area contributed by atoms with Gasteiger partial charge in [0.1, 0.15) is 22.9 Å². The maximum absolute atomic E-state index is 14.9. The number of likely N-dealkylation sites (N-methyl/N-ethyl adjacent to an activating group) is 2. The minimum Gasteiger partial charge on any atom is -0.455 e. The molecular weight excluding hydrogens is 977 g/mol. The monoisotopic (exact) mass is 1070 g/mol. The molecule has 0 radical (unpaired) electrons. The highest BCUT2D eigenvalue weighted by molar-refractivity contribution is 6.09. The van der Waals surface area contributed by atoms with Gasteiger partial charge in [-0.1, -0.05) is 66.2 Å². The number of pyridine rings is 1. The first-order chi connectivity index (χ1) is 35.5. The second-order valence-corrected chi connectivity index (χ2v) is 24.1. The van der Waals surface area contributed by atoms with Crippen molar-refractivity contribution in [3.63, 3.8) is 0 Å². The van der Waals surface area contributed by atoms with Crippen molar-refractivity contribution in [2.45, 2.75) is 219 Å². The molecule has 5 N–H and O–H groups in total. The fourth-order valence-corrected chi connectivity index (χ4v) is 12.3. The maximum atomic E-state index is 14.9. The molecule has 1 unspecified atom stereocenters. The van der Waals surface area contributed by atoms with Gasteiger partial charge in [0, 0.05) is 62.7 Å². The number of hydrogen-bond donors (Lipinski definition) is 5. The van der Waals surface area contributed by atoms with Crippen LogP contribution in [0.4, 0.5) is 5.82 Å². The number of aliphatic hydroxyl groups is 4. The van der Waals surface area contributed by atoms with Crippen LogP contribution in [-0.4, -0.2) is 181 Å². The Morgan fingerprint density at radius 3 is 2.29 bits per heavy atom. The molecule has 1 amide bonds. The molecule has 19 heteroatoms. The van der Waals surface area contributed by atoms with Gasteiger partial charge in [0.05, 0.1) is 71.6 Å². The summed E-state index contributed by atoms with van der Waals surface area (Å²) < 4.78 is 41.2. The van der Waals surface area contributed by atoms with E-state index >= 15 is 0 Å². The molecule has 76 heavy (non-hydrogen) atoms. The van der Waals surface area contributed by atoms with Crippen molar-refractivity contribution < 1.29 is 63.2 Å². The number of anilines is 1. The molecule has 3 saturated heterocycles. The highest BCUT2D eigenvalue weighted by Crippen LogP contribution is 2.42. The molecule has 3 aromatic rings. The number of carbonyl (C=O) groups excluding carboxylic acids is 3. The Morgan fingerprint density at radius 1 is 0.961 bits per heavy atom. The molecule has 0 aliphatic carbocycles. The lowest BCUT2D eigenvalue weighted by atomic mass is 9.74. The Balaban J connectivity index is 1.34. The zero-order chi connectivity index (χ0) is 56.4. The molecule has 0 bridgehead atoms. The van der Waals surface area contributed by atoms with E-state index in [1.54, 1.807) is 40.9 Å². The molecule has 1 aromatic carbocycles. The van der Waals surface area contributed by atoms with Gasteiger partial charge in [-0.25, -0.2) is 9.97 Å². The zero-order valence-corrected chi connectivity index (χ0v) is 48.2. The summed E-state index contributed by atoms with van der Waals surface area (Å²) in [5.41, 5.74) is -2.31. The number of benzene rings is 1. The van der Waals surface area contributed by atoms with Crippen LogP contribution in [0, 0.1) is 29.6 Å². The smallest absolute Gasteiger partial charge is 0.306 e. The Labute approximate surface area is 450 Å². The topological polar surface area (TPSA) is 237 Å². The number of ether oxygens (including phenoxy) is 6. The summed E-state index contributed by atoms with van der Waals surface area (Å²) in [6, 6.07) is 6.66. The lowest BCUT2D eigenvalue weighted by Gasteiger charge is -2.49. The van der Waals surface area contributed by atoms with Crippen molar-refractivity contribution in [2.24, 2.45) is 29.6 Å². The quantitative estimate of drug-likeness (QED) is 0.115. The molecular formula is C57H92N6O13. The molecule has 428 valence electrons. The third-order valence-electron chi connectivity index (χ3n) is 16.9. The Bertz CT molecular complexity index is 2430. The van der Waals surface area contributed by atoms with Crippen LogP contribution in [0.25, 0.3) is 21.9 Å². The first kappa shape index (κ1) is 61.5. The maximum Gasteiger partial charge on any atom is 0.306 e. The molecule has 6 rings (SSSR count). The molecule has 18 atom stereocenters. The summed E-state index contributed by atoms with van der Waals surface area (Å²) >= 11 is 0. The van der Waals surface area contributed by atoms with Gasteiger partial charge in [0.25, 0.3) is 0 Å². The number of imidazole rings is 1. The number of hydrogen-bond acceptors (Lipinski definition) is 17. The van der Waals surface area contributed by atoms with Crippen molar-refractivity contribution in [1.29, 1.82) is 0 Å². The van der Waals surface area contributed by atoms with E-state index in [1.165, 1.54) is 7.11 Å². The van der Waals surface area contributed by atoms with Gasteiger partial charge < -0.3 is 68.5 Å².